The van der Waals surface area contributed by atoms with Crippen LogP contribution >= 0.6 is 0 Å². The topological polar surface area (TPSA) is 80.8 Å². The Morgan fingerprint density at radius 3 is 2.41 bits per heavy atom. The lowest BCUT2D eigenvalue weighted by molar-refractivity contribution is 0.319. The van der Waals surface area contributed by atoms with Crippen LogP contribution in [-0.2, 0) is 0 Å². The normalized spacial score (nSPS) is 14.5. The van der Waals surface area contributed by atoms with Gasteiger partial charge in [-0.25, -0.2) is 4.99 Å². The molecule has 0 amide bonds. The number of allylic oxidation sites excluding steroid dienone is 3. The number of hydrogen-bond donors (Lipinski definition) is 3. The molecule has 0 radical (unpaired) electrons. The summed E-state index contributed by atoms with van der Waals surface area (Å²) in [5.41, 5.74) is 1.33. The first-order valence-electron chi connectivity index (χ1n) is 5.41. The minimum atomic E-state index is 0.236. The van der Waals surface area contributed by atoms with Crippen LogP contribution in [0.2, 0.25) is 0 Å². The van der Waals surface area contributed by atoms with Crippen LogP contribution in [0.1, 0.15) is 27.7 Å². The van der Waals surface area contributed by atoms with Crippen molar-refractivity contribution in [2.75, 3.05) is 0 Å². The smallest absolute Gasteiger partial charge is 0.127 e. The maximum atomic E-state index is 8.68. The van der Waals surface area contributed by atoms with Crippen LogP contribution in [0.5, 0.6) is 0 Å². The highest BCUT2D eigenvalue weighted by atomic mass is 16.4. The van der Waals surface area contributed by atoms with E-state index in [1.807, 2.05) is 26.8 Å². The SMILES string of the molecule is C/C=C(\C=C\C(=N/C=N)NC(C)C)C(/C)=N\O. The van der Waals surface area contributed by atoms with Crippen LogP contribution in [-0.4, -0.2) is 29.1 Å². The van der Waals surface area contributed by atoms with E-state index in [1.165, 1.54) is 0 Å². The monoisotopic (exact) mass is 236 g/mol. The molecule has 0 atom stereocenters. The first-order valence-corrected chi connectivity index (χ1v) is 5.41. The molecule has 3 N–H and O–H groups in total. The van der Waals surface area contributed by atoms with Crippen LogP contribution in [0.4, 0.5) is 0 Å². The van der Waals surface area contributed by atoms with Gasteiger partial charge in [0, 0.05) is 6.04 Å². The first-order chi connectivity index (χ1) is 8.04. The van der Waals surface area contributed by atoms with Crippen molar-refractivity contribution in [1.82, 2.24) is 5.32 Å². The average molecular weight is 236 g/mol. The fraction of sp³-hybridized carbons (Fsp3) is 0.417. The van der Waals surface area contributed by atoms with Crippen molar-refractivity contribution in [1.29, 1.82) is 5.41 Å². The Labute approximate surface area is 102 Å². The third kappa shape index (κ3) is 6.29. The maximum absolute atomic E-state index is 8.68. The number of aliphatic imine (C=N–C) groups is 1. The van der Waals surface area contributed by atoms with Crippen molar-refractivity contribution in [2.45, 2.75) is 33.7 Å². The summed E-state index contributed by atoms with van der Waals surface area (Å²) < 4.78 is 0. The fourth-order valence-corrected chi connectivity index (χ4v) is 1.15. The average Bonchev–Trinajstić information content (AvgIpc) is 2.28. The second kappa shape index (κ2) is 8.27. The molecular weight excluding hydrogens is 216 g/mol. The molecular formula is C12H20N4O. The lowest BCUT2D eigenvalue weighted by Crippen LogP contribution is -2.28. The molecule has 0 aliphatic rings. The van der Waals surface area contributed by atoms with Crippen LogP contribution in [0.15, 0.2) is 33.9 Å². The van der Waals surface area contributed by atoms with Crippen molar-refractivity contribution >= 4 is 17.9 Å². The lowest BCUT2D eigenvalue weighted by Gasteiger charge is -2.08. The fourth-order valence-electron chi connectivity index (χ4n) is 1.15. The van der Waals surface area contributed by atoms with Gasteiger partial charge in [-0.05, 0) is 45.4 Å². The van der Waals surface area contributed by atoms with Gasteiger partial charge in [0.25, 0.3) is 0 Å². The molecule has 0 aromatic rings. The summed E-state index contributed by atoms with van der Waals surface area (Å²) in [7, 11) is 0. The molecule has 0 bridgehead atoms. The third-order valence-electron chi connectivity index (χ3n) is 1.94. The van der Waals surface area contributed by atoms with Crippen LogP contribution < -0.4 is 5.32 Å². The van der Waals surface area contributed by atoms with Gasteiger partial charge < -0.3 is 10.5 Å². The van der Waals surface area contributed by atoms with Gasteiger partial charge in [-0.2, -0.15) is 0 Å². The van der Waals surface area contributed by atoms with E-state index in [4.69, 9.17) is 10.6 Å². The highest BCUT2D eigenvalue weighted by Gasteiger charge is 1.99. The van der Waals surface area contributed by atoms with Gasteiger partial charge in [-0.1, -0.05) is 11.2 Å². The Morgan fingerprint density at radius 1 is 1.35 bits per heavy atom. The molecule has 0 aromatic heterocycles. The van der Waals surface area contributed by atoms with Crippen LogP contribution in [0.3, 0.4) is 0 Å². The minimum Gasteiger partial charge on any atom is -0.411 e. The zero-order valence-electron chi connectivity index (χ0n) is 10.7. The molecule has 0 rings (SSSR count). The zero-order valence-corrected chi connectivity index (χ0v) is 10.7. The van der Waals surface area contributed by atoms with Crippen molar-refractivity contribution < 1.29 is 5.21 Å². The van der Waals surface area contributed by atoms with Gasteiger partial charge in [-0.3, -0.25) is 5.41 Å². The van der Waals surface area contributed by atoms with Gasteiger partial charge in [0.1, 0.15) is 12.2 Å². The highest BCUT2D eigenvalue weighted by molar-refractivity contribution is 6.03. The lowest BCUT2D eigenvalue weighted by atomic mass is 10.1. The van der Waals surface area contributed by atoms with E-state index in [1.54, 1.807) is 19.1 Å². The summed E-state index contributed by atoms with van der Waals surface area (Å²) >= 11 is 0. The van der Waals surface area contributed by atoms with E-state index >= 15 is 0 Å². The number of amidine groups is 1. The number of rotatable bonds is 5. The van der Waals surface area contributed by atoms with Gasteiger partial charge in [0.15, 0.2) is 0 Å². The van der Waals surface area contributed by atoms with Gasteiger partial charge in [-0.15, -0.1) is 0 Å². The summed E-state index contributed by atoms with van der Waals surface area (Å²) in [6.07, 6.45) is 6.35. The van der Waals surface area contributed by atoms with E-state index < -0.39 is 0 Å². The van der Waals surface area contributed by atoms with Crippen molar-refractivity contribution in [3.05, 3.63) is 23.8 Å². The van der Waals surface area contributed by atoms with E-state index in [9.17, 15) is 0 Å². The molecule has 0 fully saturated rings. The summed E-state index contributed by atoms with van der Waals surface area (Å²) in [4.78, 5) is 3.89. The predicted molar refractivity (Wildman–Crippen MR) is 72.3 cm³/mol. The quantitative estimate of drug-likeness (QED) is 0.225. The number of nitrogens with zero attached hydrogens (tertiary/aromatic N) is 2. The Morgan fingerprint density at radius 2 is 2.00 bits per heavy atom. The molecule has 0 saturated heterocycles. The van der Waals surface area contributed by atoms with Crippen molar-refractivity contribution in [2.24, 2.45) is 10.1 Å². The number of hydrogen-bond acceptors (Lipinski definition) is 3. The molecule has 0 aromatic carbocycles. The van der Waals surface area contributed by atoms with E-state index in [-0.39, 0.29) is 6.04 Å². The Hall–Kier alpha value is -1.91. The second-order valence-corrected chi connectivity index (χ2v) is 3.71. The van der Waals surface area contributed by atoms with Gasteiger partial charge >= 0.3 is 0 Å². The zero-order chi connectivity index (χ0) is 13.3. The molecule has 5 nitrogen and oxygen atoms in total. The Bertz CT molecular complexity index is 365. The summed E-state index contributed by atoms with van der Waals surface area (Å²) in [6, 6.07) is 0.236. The number of oxime groups is 1. The standard InChI is InChI=1S/C12H20N4O/c1-5-11(10(4)16-17)6-7-12(14-8-13)15-9(2)3/h5-9,17H,1-4H3,(H2,13,14,15)/b7-6+,11-5+,16-10-. The first kappa shape index (κ1) is 15.1. The molecule has 0 heterocycles. The molecule has 0 unspecified atom stereocenters. The molecule has 94 valence electrons. The molecule has 0 saturated carbocycles. The van der Waals surface area contributed by atoms with E-state index in [0.29, 0.717) is 11.5 Å². The maximum Gasteiger partial charge on any atom is 0.127 e. The molecule has 0 spiro atoms. The minimum absolute atomic E-state index is 0.236. The third-order valence-corrected chi connectivity index (χ3v) is 1.94. The molecule has 17 heavy (non-hydrogen) atoms. The van der Waals surface area contributed by atoms with Crippen molar-refractivity contribution in [3.8, 4) is 0 Å². The van der Waals surface area contributed by atoms with Crippen molar-refractivity contribution in [3.63, 3.8) is 0 Å². The summed E-state index contributed by atoms with van der Waals surface area (Å²) in [5.74, 6) is 0.597. The van der Waals surface area contributed by atoms with E-state index in [0.717, 1.165) is 11.9 Å². The van der Waals surface area contributed by atoms with Crippen LogP contribution in [0.25, 0.3) is 0 Å². The predicted octanol–water partition coefficient (Wildman–Crippen LogP) is 2.34. The Kier molecular flexibility index (Phi) is 7.34. The Balaban J connectivity index is 4.87. The summed E-state index contributed by atoms with van der Waals surface area (Å²) in [6.45, 7) is 7.55. The van der Waals surface area contributed by atoms with Gasteiger partial charge in [0.2, 0.25) is 0 Å². The van der Waals surface area contributed by atoms with Gasteiger partial charge in [0.05, 0.1) is 5.71 Å². The molecule has 5 heteroatoms. The van der Waals surface area contributed by atoms with E-state index in [2.05, 4.69) is 15.5 Å². The number of nitrogens with one attached hydrogen (secondary N) is 2. The molecule has 0 aliphatic carbocycles. The largest absolute Gasteiger partial charge is 0.411 e. The highest BCUT2D eigenvalue weighted by Crippen LogP contribution is 2.00. The molecule has 0 aliphatic heterocycles. The summed E-state index contributed by atoms with van der Waals surface area (Å²) in [5, 5.41) is 21.9. The van der Waals surface area contributed by atoms with Crippen LogP contribution in [0, 0.1) is 5.41 Å². The second-order valence-electron chi connectivity index (χ2n) is 3.71.